The molecule has 152 valence electrons. The molecule has 0 amide bonds. The van der Waals surface area contributed by atoms with E-state index in [2.05, 4.69) is 20.9 Å². The first-order valence-corrected chi connectivity index (χ1v) is 9.85. The van der Waals surface area contributed by atoms with Gasteiger partial charge in [0.15, 0.2) is 17.1 Å². The molecule has 0 saturated heterocycles. The van der Waals surface area contributed by atoms with Crippen LogP contribution in [-0.2, 0) is 14.1 Å². The maximum Gasteiger partial charge on any atom is 0.332 e. The molecule has 0 atom stereocenters. The molecular weight excluding hydrogens is 450 g/mol. The maximum absolute atomic E-state index is 13.0. The van der Waals surface area contributed by atoms with E-state index in [0.717, 1.165) is 14.6 Å². The van der Waals surface area contributed by atoms with Crippen LogP contribution in [0, 0.1) is 0 Å². The predicted octanol–water partition coefficient (Wildman–Crippen LogP) is 3.44. The summed E-state index contributed by atoms with van der Waals surface area (Å²) in [4.78, 5) is 30.1. The number of ether oxygens (including phenoxy) is 1. The standard InChI is InChI=1S/C22H18BrN3O4/c1-25-20-19(21(28)26(2)22(25)29)15(12-4-7-14(23)8-5-12)11-16(24-20)13-6-9-17(27)18(10-13)30-3/h4-11,27H,1-3H3. The van der Waals surface area contributed by atoms with Gasteiger partial charge >= 0.3 is 5.69 Å². The topological polar surface area (TPSA) is 86.4 Å². The number of phenols is 1. The Morgan fingerprint density at radius 1 is 0.967 bits per heavy atom. The minimum atomic E-state index is -0.456. The Balaban J connectivity index is 2.13. The summed E-state index contributed by atoms with van der Waals surface area (Å²) >= 11 is 3.43. The SMILES string of the molecule is COc1cc(-c2cc(-c3ccc(Br)cc3)c3c(=O)n(C)c(=O)n(C)c3n2)ccc1O. The molecule has 0 aliphatic carbocycles. The van der Waals surface area contributed by atoms with Crippen LogP contribution in [-0.4, -0.2) is 26.3 Å². The van der Waals surface area contributed by atoms with Crippen LogP contribution < -0.4 is 16.0 Å². The van der Waals surface area contributed by atoms with Gasteiger partial charge in [-0.1, -0.05) is 28.1 Å². The first-order valence-electron chi connectivity index (χ1n) is 9.06. The molecule has 0 fully saturated rings. The highest BCUT2D eigenvalue weighted by Crippen LogP contribution is 2.34. The van der Waals surface area contributed by atoms with Crippen molar-refractivity contribution in [3.8, 4) is 33.9 Å². The molecule has 4 aromatic rings. The number of aromatic hydroxyl groups is 1. The van der Waals surface area contributed by atoms with E-state index < -0.39 is 11.2 Å². The summed E-state index contributed by atoms with van der Waals surface area (Å²) in [5.41, 5.74) is 2.11. The van der Waals surface area contributed by atoms with Crippen molar-refractivity contribution in [2.45, 2.75) is 0 Å². The van der Waals surface area contributed by atoms with E-state index in [9.17, 15) is 14.7 Å². The minimum absolute atomic E-state index is 0.0106. The lowest BCUT2D eigenvalue weighted by Crippen LogP contribution is -2.37. The lowest BCUT2D eigenvalue weighted by molar-refractivity contribution is 0.373. The van der Waals surface area contributed by atoms with Crippen LogP contribution in [0.2, 0.25) is 0 Å². The van der Waals surface area contributed by atoms with E-state index in [4.69, 9.17) is 4.74 Å². The summed E-state index contributed by atoms with van der Waals surface area (Å²) in [5.74, 6) is 0.314. The molecule has 4 rings (SSSR count). The zero-order valence-corrected chi connectivity index (χ0v) is 18.1. The summed E-state index contributed by atoms with van der Waals surface area (Å²) in [5, 5.41) is 10.3. The van der Waals surface area contributed by atoms with Crippen molar-refractivity contribution >= 4 is 27.0 Å². The van der Waals surface area contributed by atoms with Gasteiger partial charge in [-0.15, -0.1) is 0 Å². The number of phenolic OH excluding ortho intramolecular Hbond substituents is 1. The second-order valence-electron chi connectivity index (χ2n) is 6.85. The normalized spacial score (nSPS) is 11.1. The van der Waals surface area contributed by atoms with Crippen molar-refractivity contribution in [1.29, 1.82) is 0 Å². The molecule has 2 aromatic heterocycles. The van der Waals surface area contributed by atoms with E-state index in [1.54, 1.807) is 19.2 Å². The molecule has 30 heavy (non-hydrogen) atoms. The van der Waals surface area contributed by atoms with Gasteiger partial charge in [-0.25, -0.2) is 9.78 Å². The van der Waals surface area contributed by atoms with Crippen molar-refractivity contribution in [3.63, 3.8) is 0 Å². The van der Waals surface area contributed by atoms with E-state index in [1.807, 2.05) is 30.3 Å². The molecule has 0 unspecified atom stereocenters. The molecule has 0 spiro atoms. The van der Waals surface area contributed by atoms with Crippen molar-refractivity contribution in [1.82, 2.24) is 14.1 Å². The van der Waals surface area contributed by atoms with E-state index >= 15 is 0 Å². The molecule has 8 heteroatoms. The third-order valence-corrected chi connectivity index (χ3v) is 5.57. The van der Waals surface area contributed by atoms with Crippen LogP contribution >= 0.6 is 15.9 Å². The van der Waals surface area contributed by atoms with Gasteiger partial charge in [0.2, 0.25) is 0 Å². The number of benzene rings is 2. The Morgan fingerprint density at radius 2 is 1.63 bits per heavy atom. The molecule has 0 aliphatic rings. The molecule has 2 aromatic carbocycles. The molecule has 1 N–H and O–H groups in total. The zero-order valence-electron chi connectivity index (χ0n) is 16.5. The van der Waals surface area contributed by atoms with Gasteiger partial charge in [0.25, 0.3) is 5.56 Å². The van der Waals surface area contributed by atoms with Gasteiger partial charge < -0.3 is 9.84 Å². The Morgan fingerprint density at radius 3 is 2.30 bits per heavy atom. The first kappa shape index (κ1) is 19.9. The second-order valence-corrected chi connectivity index (χ2v) is 7.77. The average molecular weight is 468 g/mol. The summed E-state index contributed by atoms with van der Waals surface area (Å²) in [6, 6.07) is 14.2. The van der Waals surface area contributed by atoms with E-state index in [1.165, 1.54) is 24.8 Å². The number of halogens is 1. The molecule has 0 aliphatic heterocycles. The largest absolute Gasteiger partial charge is 0.504 e. The Hall–Kier alpha value is -3.39. The van der Waals surface area contributed by atoms with E-state index in [-0.39, 0.29) is 11.4 Å². The second kappa shape index (κ2) is 7.46. The summed E-state index contributed by atoms with van der Waals surface area (Å²) < 4.78 is 8.56. The molecule has 0 bridgehead atoms. The molecule has 0 saturated carbocycles. The minimum Gasteiger partial charge on any atom is -0.504 e. The highest BCUT2D eigenvalue weighted by atomic mass is 79.9. The van der Waals surface area contributed by atoms with Crippen molar-refractivity contribution in [2.75, 3.05) is 7.11 Å². The quantitative estimate of drug-likeness (QED) is 0.498. The van der Waals surface area contributed by atoms with Gasteiger partial charge in [-0.3, -0.25) is 13.9 Å². The summed E-state index contributed by atoms with van der Waals surface area (Å²) in [7, 11) is 4.51. The van der Waals surface area contributed by atoms with Crippen LogP contribution in [0.25, 0.3) is 33.4 Å². The van der Waals surface area contributed by atoms with Gasteiger partial charge in [0.1, 0.15) is 0 Å². The fourth-order valence-electron chi connectivity index (χ4n) is 3.40. The molecule has 2 heterocycles. The third kappa shape index (κ3) is 3.19. The summed E-state index contributed by atoms with van der Waals surface area (Å²) in [6.07, 6.45) is 0. The Bertz CT molecular complexity index is 1410. The number of methoxy groups -OCH3 is 1. The molecule has 0 radical (unpaired) electrons. The number of rotatable bonds is 3. The van der Waals surface area contributed by atoms with Crippen LogP contribution in [0.3, 0.4) is 0 Å². The van der Waals surface area contributed by atoms with E-state index in [0.29, 0.717) is 28.0 Å². The van der Waals surface area contributed by atoms with Crippen LogP contribution in [0.5, 0.6) is 11.5 Å². The Labute approximate surface area is 179 Å². The van der Waals surface area contributed by atoms with Gasteiger partial charge in [-0.05, 0) is 42.0 Å². The first-order chi connectivity index (χ1) is 14.3. The summed E-state index contributed by atoms with van der Waals surface area (Å²) in [6.45, 7) is 0. The number of hydrogen-bond donors (Lipinski definition) is 1. The number of fused-ring (bicyclic) bond motifs is 1. The van der Waals surface area contributed by atoms with Crippen LogP contribution in [0.15, 0.2) is 62.6 Å². The Kier molecular flexibility index (Phi) is 4.95. The smallest absolute Gasteiger partial charge is 0.332 e. The number of aryl methyl sites for hydroxylation is 1. The monoisotopic (exact) mass is 467 g/mol. The number of nitrogens with zero attached hydrogens (tertiary/aromatic N) is 3. The number of pyridine rings is 1. The zero-order chi connectivity index (χ0) is 21.6. The number of aromatic nitrogens is 3. The number of hydrogen-bond acceptors (Lipinski definition) is 5. The van der Waals surface area contributed by atoms with Crippen molar-refractivity contribution in [3.05, 3.63) is 73.8 Å². The lowest BCUT2D eigenvalue weighted by Gasteiger charge is -2.14. The average Bonchev–Trinajstić information content (AvgIpc) is 2.76. The van der Waals surface area contributed by atoms with Gasteiger partial charge in [0.05, 0.1) is 18.2 Å². The molecule has 7 nitrogen and oxygen atoms in total. The highest BCUT2D eigenvalue weighted by molar-refractivity contribution is 9.10. The lowest BCUT2D eigenvalue weighted by atomic mass is 10.00. The van der Waals surface area contributed by atoms with Crippen molar-refractivity contribution in [2.24, 2.45) is 14.1 Å². The predicted molar refractivity (Wildman–Crippen MR) is 119 cm³/mol. The van der Waals surface area contributed by atoms with Crippen LogP contribution in [0.4, 0.5) is 0 Å². The maximum atomic E-state index is 13.0. The molecular formula is C22H18BrN3O4. The fraction of sp³-hybridized carbons (Fsp3) is 0.136. The highest BCUT2D eigenvalue weighted by Gasteiger charge is 2.18. The fourth-order valence-corrected chi connectivity index (χ4v) is 3.66. The third-order valence-electron chi connectivity index (χ3n) is 5.04. The van der Waals surface area contributed by atoms with Crippen LogP contribution in [0.1, 0.15) is 0 Å². The van der Waals surface area contributed by atoms with Gasteiger partial charge in [-0.2, -0.15) is 0 Å². The van der Waals surface area contributed by atoms with Gasteiger partial charge in [0, 0.05) is 29.7 Å². The van der Waals surface area contributed by atoms with Crippen molar-refractivity contribution < 1.29 is 9.84 Å².